The first kappa shape index (κ1) is 28.7. The number of rotatable bonds is 7. The lowest BCUT2D eigenvalue weighted by atomic mass is 10.2. The Morgan fingerprint density at radius 1 is 0.727 bits per heavy atom. The molecule has 186 valence electrons. The molecule has 0 radical (unpaired) electrons. The lowest BCUT2D eigenvalue weighted by Crippen LogP contribution is -2.19. The van der Waals surface area contributed by atoms with Crippen molar-refractivity contribution in [3.8, 4) is 11.5 Å². The Hall–Kier alpha value is -2.32. The van der Waals surface area contributed by atoms with Crippen molar-refractivity contribution in [2.45, 2.75) is 85.6 Å². The first-order valence-corrected chi connectivity index (χ1v) is 10.5. The predicted octanol–water partition coefficient (Wildman–Crippen LogP) is 7.60. The normalized spacial score (nSPS) is 13.1. The summed E-state index contributed by atoms with van der Waals surface area (Å²) in [4.78, 5) is 0. The van der Waals surface area contributed by atoms with Gasteiger partial charge in [-0.15, -0.1) is 13.2 Å². The second-order valence-corrected chi connectivity index (χ2v) is 9.31. The second kappa shape index (κ2) is 12.2. The monoisotopic (exact) mass is 474 g/mol. The Morgan fingerprint density at radius 3 is 1.55 bits per heavy atom. The van der Waals surface area contributed by atoms with E-state index >= 15 is 0 Å². The zero-order valence-electron chi connectivity index (χ0n) is 20.3. The Morgan fingerprint density at radius 2 is 1.15 bits per heavy atom. The van der Waals surface area contributed by atoms with Crippen LogP contribution in [0.3, 0.4) is 0 Å². The number of hydrogen-bond donors (Lipinski definition) is 0. The fourth-order valence-corrected chi connectivity index (χ4v) is 2.33. The highest BCUT2D eigenvalue weighted by atomic mass is 19.4. The molecule has 33 heavy (non-hydrogen) atoms. The van der Waals surface area contributed by atoms with Crippen molar-refractivity contribution in [1.82, 2.24) is 0 Å². The fraction of sp³-hybridized carbons (Fsp3) is 0.520. The van der Waals surface area contributed by atoms with E-state index in [1.807, 2.05) is 53.7 Å². The molecule has 8 heteroatoms. The summed E-state index contributed by atoms with van der Waals surface area (Å²) < 4.78 is 68.5. The molecule has 0 saturated heterocycles. The quantitative estimate of drug-likeness (QED) is 0.387. The van der Waals surface area contributed by atoms with Crippen LogP contribution in [0.4, 0.5) is 17.6 Å². The molecule has 0 spiro atoms. The Bertz CT molecular complexity index is 837. The molecule has 2 aromatic carbocycles. The maximum Gasteiger partial charge on any atom is 0.573 e. The summed E-state index contributed by atoms with van der Waals surface area (Å²) in [5.74, 6) is 0.303. The molecule has 1 atom stereocenters. The van der Waals surface area contributed by atoms with Crippen LogP contribution in [0.15, 0.2) is 48.5 Å². The molecule has 0 heterocycles. The topological polar surface area (TPSA) is 36.9 Å². The largest absolute Gasteiger partial charge is 0.573 e. The van der Waals surface area contributed by atoms with Crippen LogP contribution < -0.4 is 9.47 Å². The highest BCUT2D eigenvalue weighted by Crippen LogP contribution is 2.24. The SMILES string of the molecule is CC(C)(C)OCc1cccc(OC(F)(F)F)c1.CC(F)Oc1cccc(COC(C)(C)C)c1. The van der Waals surface area contributed by atoms with Crippen LogP contribution in [0, 0.1) is 0 Å². The zero-order valence-corrected chi connectivity index (χ0v) is 20.3. The molecule has 2 aromatic rings. The van der Waals surface area contributed by atoms with E-state index in [0.717, 1.165) is 5.56 Å². The molecule has 0 amide bonds. The molecule has 0 N–H and O–H groups in total. The van der Waals surface area contributed by atoms with Gasteiger partial charge in [-0.2, -0.15) is 0 Å². The van der Waals surface area contributed by atoms with E-state index in [9.17, 15) is 17.6 Å². The molecule has 0 aromatic heterocycles. The molecular weight excluding hydrogens is 440 g/mol. The van der Waals surface area contributed by atoms with Crippen molar-refractivity contribution in [1.29, 1.82) is 0 Å². The van der Waals surface area contributed by atoms with Gasteiger partial charge in [-0.05, 0) is 76.9 Å². The molecule has 2 rings (SSSR count). The summed E-state index contributed by atoms with van der Waals surface area (Å²) in [6.07, 6.45) is -5.96. The van der Waals surface area contributed by atoms with Crippen molar-refractivity contribution in [3.63, 3.8) is 0 Å². The highest BCUT2D eigenvalue weighted by molar-refractivity contribution is 5.29. The van der Waals surface area contributed by atoms with Gasteiger partial charge in [0.2, 0.25) is 6.36 Å². The van der Waals surface area contributed by atoms with Gasteiger partial charge in [-0.1, -0.05) is 24.3 Å². The minimum Gasteiger partial charge on any atom is -0.461 e. The van der Waals surface area contributed by atoms with E-state index in [0.29, 0.717) is 17.9 Å². The molecule has 0 bridgehead atoms. The number of hydrogen-bond acceptors (Lipinski definition) is 4. The number of halogens is 4. The molecule has 0 saturated carbocycles. The van der Waals surface area contributed by atoms with E-state index in [1.54, 1.807) is 18.2 Å². The number of benzene rings is 2. The van der Waals surface area contributed by atoms with Crippen LogP contribution in [0.25, 0.3) is 0 Å². The summed E-state index contributed by atoms with van der Waals surface area (Å²) >= 11 is 0. The molecule has 0 fully saturated rings. The predicted molar refractivity (Wildman–Crippen MR) is 120 cm³/mol. The first-order chi connectivity index (χ1) is 15.0. The maximum atomic E-state index is 12.6. The van der Waals surface area contributed by atoms with Crippen molar-refractivity contribution in [2.24, 2.45) is 0 Å². The lowest BCUT2D eigenvalue weighted by Gasteiger charge is -2.19. The van der Waals surface area contributed by atoms with Crippen LogP contribution in [-0.2, 0) is 22.7 Å². The van der Waals surface area contributed by atoms with Gasteiger partial charge in [0.05, 0.1) is 24.4 Å². The number of ether oxygens (including phenoxy) is 4. The van der Waals surface area contributed by atoms with E-state index in [1.165, 1.54) is 25.1 Å². The summed E-state index contributed by atoms with van der Waals surface area (Å²) in [5.41, 5.74) is 1.11. The lowest BCUT2D eigenvalue weighted by molar-refractivity contribution is -0.274. The van der Waals surface area contributed by atoms with Gasteiger partial charge in [0, 0.05) is 6.92 Å². The van der Waals surface area contributed by atoms with E-state index in [2.05, 4.69) is 4.74 Å². The second-order valence-electron chi connectivity index (χ2n) is 9.31. The highest BCUT2D eigenvalue weighted by Gasteiger charge is 2.31. The Kier molecular flexibility index (Phi) is 10.6. The van der Waals surface area contributed by atoms with E-state index in [-0.39, 0.29) is 23.6 Å². The van der Waals surface area contributed by atoms with Crippen molar-refractivity contribution >= 4 is 0 Å². The summed E-state index contributed by atoms with van der Waals surface area (Å²) in [7, 11) is 0. The van der Waals surface area contributed by atoms with Crippen molar-refractivity contribution in [3.05, 3.63) is 59.7 Å². The van der Waals surface area contributed by atoms with Gasteiger partial charge in [-0.3, -0.25) is 0 Å². The molecule has 0 aliphatic heterocycles. The average molecular weight is 475 g/mol. The molecule has 1 unspecified atom stereocenters. The van der Waals surface area contributed by atoms with Gasteiger partial charge in [-0.25, -0.2) is 4.39 Å². The van der Waals surface area contributed by atoms with Gasteiger partial charge >= 0.3 is 6.36 Å². The fourth-order valence-electron chi connectivity index (χ4n) is 2.33. The smallest absolute Gasteiger partial charge is 0.461 e. The average Bonchev–Trinajstić information content (AvgIpc) is 2.63. The Balaban J connectivity index is 0.000000331. The zero-order chi connectivity index (χ0) is 25.3. The minimum absolute atomic E-state index is 0.176. The summed E-state index contributed by atoms with van der Waals surface area (Å²) in [6, 6.07) is 13.1. The third-order valence-corrected chi connectivity index (χ3v) is 3.67. The van der Waals surface area contributed by atoms with Crippen LogP contribution in [0.5, 0.6) is 11.5 Å². The maximum absolute atomic E-state index is 12.6. The minimum atomic E-state index is -4.66. The summed E-state index contributed by atoms with van der Waals surface area (Å²) in [6.45, 7) is 13.7. The summed E-state index contributed by atoms with van der Waals surface area (Å²) in [5, 5.41) is 0. The van der Waals surface area contributed by atoms with Gasteiger partial charge in [0.15, 0.2) is 0 Å². The van der Waals surface area contributed by atoms with Crippen LogP contribution in [-0.4, -0.2) is 23.9 Å². The van der Waals surface area contributed by atoms with Gasteiger partial charge in [0.25, 0.3) is 0 Å². The van der Waals surface area contributed by atoms with Crippen molar-refractivity contribution < 1.29 is 36.5 Å². The molecular formula is C25H34F4O4. The van der Waals surface area contributed by atoms with Crippen LogP contribution in [0.1, 0.15) is 59.6 Å². The molecule has 0 aliphatic carbocycles. The van der Waals surface area contributed by atoms with Crippen LogP contribution >= 0.6 is 0 Å². The van der Waals surface area contributed by atoms with E-state index < -0.39 is 12.7 Å². The van der Waals surface area contributed by atoms with Gasteiger partial charge < -0.3 is 18.9 Å². The first-order valence-electron chi connectivity index (χ1n) is 10.5. The molecule has 0 aliphatic rings. The van der Waals surface area contributed by atoms with Crippen molar-refractivity contribution in [2.75, 3.05) is 0 Å². The third kappa shape index (κ3) is 15.2. The molecule has 4 nitrogen and oxygen atoms in total. The standard InChI is InChI=1S/C13H19FO2.C12H15F3O2/c1-10(14)16-12-7-5-6-11(8-12)9-15-13(2,3)4;1-11(2,3)16-8-9-5-4-6-10(7-9)17-12(13,14)15/h5-8,10H,9H2,1-4H3;4-7H,8H2,1-3H3. The Labute approximate surface area is 193 Å². The van der Waals surface area contributed by atoms with Crippen LogP contribution in [0.2, 0.25) is 0 Å². The number of alkyl halides is 4. The van der Waals surface area contributed by atoms with Gasteiger partial charge in [0.1, 0.15) is 11.5 Å². The van der Waals surface area contributed by atoms with E-state index in [4.69, 9.17) is 14.2 Å². The third-order valence-electron chi connectivity index (χ3n) is 3.67.